The maximum Gasteiger partial charge on any atom is 0.253 e. The molecule has 1 aromatic rings. The summed E-state index contributed by atoms with van der Waals surface area (Å²) >= 11 is 1.82. The van der Waals surface area contributed by atoms with Gasteiger partial charge in [-0.1, -0.05) is 13.8 Å². The van der Waals surface area contributed by atoms with Gasteiger partial charge in [0.1, 0.15) is 0 Å². The molecule has 1 amide bonds. The monoisotopic (exact) mass is 314 g/mol. The highest BCUT2D eigenvalue weighted by molar-refractivity contribution is 7.99. The van der Waals surface area contributed by atoms with Crippen molar-refractivity contribution in [3.05, 3.63) is 29.8 Å². The first kappa shape index (κ1) is 17.3. The molecule has 0 aliphatic carbocycles. The number of benzene rings is 1. The third-order valence-electron chi connectivity index (χ3n) is 3.38. The van der Waals surface area contributed by atoms with Crippen molar-refractivity contribution in [2.75, 3.05) is 20.1 Å². The molecule has 1 unspecified atom stereocenters. The van der Waals surface area contributed by atoms with Crippen LogP contribution >= 0.6 is 24.2 Å². The second-order valence-corrected chi connectivity index (χ2v) is 6.90. The van der Waals surface area contributed by atoms with Crippen LogP contribution in [0.25, 0.3) is 0 Å². The molecule has 20 heavy (non-hydrogen) atoms. The summed E-state index contributed by atoms with van der Waals surface area (Å²) in [7, 11) is 1.90. The number of nitrogens with one attached hydrogen (secondary N) is 1. The predicted octanol–water partition coefficient (Wildman–Crippen LogP) is 3.04. The van der Waals surface area contributed by atoms with E-state index in [4.69, 9.17) is 0 Å². The zero-order valence-corrected chi connectivity index (χ0v) is 13.9. The van der Waals surface area contributed by atoms with Gasteiger partial charge in [-0.3, -0.25) is 4.79 Å². The van der Waals surface area contributed by atoms with Gasteiger partial charge in [0.15, 0.2) is 0 Å². The minimum absolute atomic E-state index is 0. The zero-order chi connectivity index (χ0) is 13.8. The van der Waals surface area contributed by atoms with Crippen LogP contribution < -0.4 is 5.32 Å². The van der Waals surface area contributed by atoms with Gasteiger partial charge in [0.2, 0.25) is 0 Å². The van der Waals surface area contributed by atoms with Gasteiger partial charge in [0.05, 0.1) is 0 Å². The molecule has 0 saturated carbocycles. The van der Waals surface area contributed by atoms with Gasteiger partial charge >= 0.3 is 0 Å². The largest absolute Gasteiger partial charge is 0.337 e. The Hall–Kier alpha value is -0.710. The van der Waals surface area contributed by atoms with Gasteiger partial charge in [-0.2, -0.15) is 0 Å². The summed E-state index contributed by atoms with van der Waals surface area (Å²) in [6.07, 6.45) is 1.05. The minimum Gasteiger partial charge on any atom is -0.337 e. The summed E-state index contributed by atoms with van der Waals surface area (Å²) in [6.45, 7) is 6.25. The second kappa shape index (κ2) is 7.91. The normalized spacial score (nSPS) is 17.9. The van der Waals surface area contributed by atoms with Crippen molar-refractivity contribution < 1.29 is 4.79 Å². The van der Waals surface area contributed by atoms with E-state index in [1.54, 1.807) is 0 Å². The molecule has 5 heteroatoms. The van der Waals surface area contributed by atoms with E-state index < -0.39 is 0 Å². The van der Waals surface area contributed by atoms with Gasteiger partial charge in [0, 0.05) is 35.3 Å². The van der Waals surface area contributed by atoms with Crippen LogP contribution in [0, 0.1) is 0 Å². The molecule has 1 aliphatic heterocycles. The molecule has 1 fully saturated rings. The molecule has 3 nitrogen and oxygen atoms in total. The summed E-state index contributed by atoms with van der Waals surface area (Å²) in [4.78, 5) is 15.4. The van der Waals surface area contributed by atoms with Crippen molar-refractivity contribution in [3.63, 3.8) is 0 Å². The number of hydrogen-bond acceptors (Lipinski definition) is 3. The Morgan fingerprint density at radius 2 is 2.00 bits per heavy atom. The molecule has 1 aliphatic rings. The first-order chi connectivity index (χ1) is 9.08. The Labute approximate surface area is 131 Å². The van der Waals surface area contributed by atoms with Crippen molar-refractivity contribution in [2.45, 2.75) is 36.5 Å². The van der Waals surface area contributed by atoms with Crippen LogP contribution in [0.3, 0.4) is 0 Å². The average Bonchev–Trinajstić information content (AvgIpc) is 2.91. The molecule has 0 aromatic heterocycles. The van der Waals surface area contributed by atoms with E-state index in [9.17, 15) is 4.79 Å². The Morgan fingerprint density at radius 3 is 2.50 bits per heavy atom. The van der Waals surface area contributed by atoms with Crippen LogP contribution in [0.1, 0.15) is 30.6 Å². The fourth-order valence-electron chi connectivity index (χ4n) is 2.29. The standard InChI is InChI=1S/C15H22N2OS.ClH/c1-11(2)19-14-6-4-12(5-7-14)15(18)17(3)13-8-9-16-10-13;/h4-7,11,13,16H,8-10H2,1-3H3;1H. The van der Waals surface area contributed by atoms with Gasteiger partial charge < -0.3 is 10.2 Å². The number of halogens is 1. The summed E-state index contributed by atoms with van der Waals surface area (Å²) in [5.41, 5.74) is 0.780. The van der Waals surface area contributed by atoms with Crippen molar-refractivity contribution in [2.24, 2.45) is 0 Å². The smallest absolute Gasteiger partial charge is 0.253 e. The summed E-state index contributed by atoms with van der Waals surface area (Å²) in [5, 5.41) is 3.86. The number of thioether (sulfide) groups is 1. The Kier molecular flexibility index (Phi) is 6.86. The molecule has 1 heterocycles. The van der Waals surface area contributed by atoms with E-state index in [0.717, 1.165) is 25.1 Å². The molecule has 0 bridgehead atoms. The van der Waals surface area contributed by atoms with E-state index in [-0.39, 0.29) is 18.3 Å². The van der Waals surface area contributed by atoms with E-state index in [1.807, 2.05) is 48.0 Å². The van der Waals surface area contributed by atoms with Gasteiger partial charge in [-0.15, -0.1) is 24.2 Å². The lowest BCUT2D eigenvalue weighted by Crippen LogP contribution is -2.38. The third kappa shape index (κ3) is 4.40. The van der Waals surface area contributed by atoms with E-state index in [0.29, 0.717) is 11.3 Å². The molecule has 2 rings (SSSR count). The second-order valence-electron chi connectivity index (χ2n) is 5.25. The van der Waals surface area contributed by atoms with Crippen LogP contribution in [-0.2, 0) is 0 Å². The molecule has 1 aromatic carbocycles. The lowest BCUT2D eigenvalue weighted by molar-refractivity contribution is 0.0743. The first-order valence-electron chi connectivity index (χ1n) is 6.82. The van der Waals surface area contributed by atoms with Gasteiger partial charge in [0.25, 0.3) is 5.91 Å². The highest BCUT2D eigenvalue weighted by Gasteiger charge is 2.23. The number of amides is 1. The van der Waals surface area contributed by atoms with E-state index in [1.165, 1.54) is 4.90 Å². The number of likely N-dealkylation sites (N-methyl/N-ethyl adjacent to an activating group) is 1. The first-order valence-corrected chi connectivity index (χ1v) is 7.70. The Morgan fingerprint density at radius 1 is 1.35 bits per heavy atom. The molecule has 0 spiro atoms. The quantitative estimate of drug-likeness (QED) is 0.867. The van der Waals surface area contributed by atoms with Crippen LogP contribution in [0.4, 0.5) is 0 Å². The van der Waals surface area contributed by atoms with Gasteiger partial charge in [-0.05, 0) is 37.2 Å². The van der Waals surface area contributed by atoms with Crippen LogP contribution in [0.5, 0.6) is 0 Å². The van der Waals surface area contributed by atoms with E-state index >= 15 is 0 Å². The third-order valence-corrected chi connectivity index (χ3v) is 4.39. The fourth-order valence-corrected chi connectivity index (χ4v) is 3.13. The van der Waals surface area contributed by atoms with Crippen molar-refractivity contribution >= 4 is 30.1 Å². The highest BCUT2D eigenvalue weighted by atomic mass is 35.5. The Balaban J connectivity index is 0.00000200. The lowest BCUT2D eigenvalue weighted by atomic mass is 10.1. The predicted molar refractivity (Wildman–Crippen MR) is 88.1 cm³/mol. The molecule has 1 atom stereocenters. The molecular formula is C15H23ClN2OS. The van der Waals surface area contributed by atoms with Crippen molar-refractivity contribution in [1.82, 2.24) is 10.2 Å². The lowest BCUT2D eigenvalue weighted by Gasteiger charge is -2.23. The number of carbonyl (C=O) groups is 1. The molecular weight excluding hydrogens is 292 g/mol. The SMILES string of the molecule is CC(C)Sc1ccc(C(=O)N(C)C2CCNC2)cc1.Cl. The van der Waals surface area contributed by atoms with Crippen LogP contribution in [-0.4, -0.2) is 42.2 Å². The summed E-state index contributed by atoms with van der Waals surface area (Å²) in [6, 6.07) is 8.28. The zero-order valence-electron chi connectivity index (χ0n) is 12.3. The molecule has 1 N–H and O–H groups in total. The topological polar surface area (TPSA) is 32.3 Å². The fraction of sp³-hybridized carbons (Fsp3) is 0.533. The van der Waals surface area contributed by atoms with Crippen molar-refractivity contribution in [3.8, 4) is 0 Å². The number of carbonyl (C=O) groups excluding carboxylic acids is 1. The highest BCUT2D eigenvalue weighted by Crippen LogP contribution is 2.23. The minimum atomic E-state index is 0. The summed E-state index contributed by atoms with van der Waals surface area (Å²) < 4.78 is 0. The average molecular weight is 315 g/mol. The summed E-state index contributed by atoms with van der Waals surface area (Å²) in [5.74, 6) is 0.120. The number of nitrogens with zero attached hydrogens (tertiary/aromatic N) is 1. The van der Waals surface area contributed by atoms with Crippen LogP contribution in [0.15, 0.2) is 29.2 Å². The van der Waals surface area contributed by atoms with E-state index in [2.05, 4.69) is 19.2 Å². The number of hydrogen-bond donors (Lipinski definition) is 1. The van der Waals surface area contributed by atoms with Crippen molar-refractivity contribution in [1.29, 1.82) is 0 Å². The maximum atomic E-state index is 12.4. The maximum absolute atomic E-state index is 12.4. The van der Waals surface area contributed by atoms with Gasteiger partial charge in [-0.25, -0.2) is 0 Å². The number of rotatable bonds is 4. The molecule has 0 radical (unpaired) electrons. The molecule has 112 valence electrons. The van der Waals surface area contributed by atoms with Crippen LogP contribution in [0.2, 0.25) is 0 Å². The Bertz CT molecular complexity index is 430. The molecule has 1 saturated heterocycles.